The smallest absolute Gasteiger partial charge is 0.263 e. The summed E-state index contributed by atoms with van der Waals surface area (Å²) < 4.78 is 26.6. The number of carbonyl (C=O) groups excluding carboxylic acids is 1. The molecule has 0 spiro atoms. The number of benzene rings is 1. The first kappa shape index (κ1) is 22.6. The Hall–Kier alpha value is -1.64. The highest BCUT2D eigenvalue weighted by Gasteiger charge is 2.29. The molecule has 9 heteroatoms. The number of amides is 1. The van der Waals surface area contributed by atoms with Gasteiger partial charge in [-0.2, -0.15) is 0 Å². The summed E-state index contributed by atoms with van der Waals surface area (Å²) in [6.07, 6.45) is 5.34. The van der Waals surface area contributed by atoms with Crippen molar-refractivity contribution < 1.29 is 13.2 Å². The van der Waals surface area contributed by atoms with E-state index in [1.807, 2.05) is 18.0 Å². The molecule has 1 fully saturated rings. The molecule has 1 aromatic carbocycles. The highest BCUT2D eigenvalue weighted by Crippen LogP contribution is 2.22. The van der Waals surface area contributed by atoms with Crippen LogP contribution in [-0.2, 0) is 14.8 Å². The summed E-state index contributed by atoms with van der Waals surface area (Å²) >= 11 is 0. The molecule has 0 radical (unpaired) electrons. The lowest BCUT2D eigenvalue weighted by Gasteiger charge is -2.32. The average Bonchev–Trinajstić information content (AvgIpc) is 2.95. The van der Waals surface area contributed by atoms with Gasteiger partial charge in [-0.25, -0.2) is 8.42 Å². The Labute approximate surface area is 173 Å². The molecule has 1 amide bonds. The second kappa shape index (κ2) is 10.2. The minimum Gasteiger partial charge on any atom is -0.341 e. The van der Waals surface area contributed by atoms with E-state index in [9.17, 15) is 13.2 Å². The van der Waals surface area contributed by atoms with E-state index in [1.165, 1.54) is 0 Å². The summed E-state index contributed by atoms with van der Waals surface area (Å²) in [5.41, 5.74) is 0.636. The first-order valence-electron chi connectivity index (χ1n) is 9.63. The number of aliphatic imine (C=N–C) groups is 1. The average molecular weight is 429 g/mol. The summed E-state index contributed by atoms with van der Waals surface area (Å²) in [6, 6.07) is 7.28. The van der Waals surface area contributed by atoms with Crippen molar-refractivity contribution in [2.75, 3.05) is 26.7 Å². The van der Waals surface area contributed by atoms with E-state index in [2.05, 4.69) is 15.0 Å². The molecule has 0 bridgehead atoms. The molecule has 0 aromatic heterocycles. The lowest BCUT2D eigenvalue weighted by molar-refractivity contribution is -0.132. The van der Waals surface area contributed by atoms with Crippen molar-refractivity contribution in [2.45, 2.75) is 49.5 Å². The van der Waals surface area contributed by atoms with E-state index in [0.717, 1.165) is 45.2 Å². The number of hydrogen-bond donors (Lipinski definition) is 2. The number of rotatable bonds is 7. The molecule has 1 aromatic rings. The van der Waals surface area contributed by atoms with E-state index in [-0.39, 0.29) is 23.2 Å². The molecule has 0 aliphatic carbocycles. The molecule has 3 rings (SSSR count). The van der Waals surface area contributed by atoms with Crippen LogP contribution in [0.3, 0.4) is 0 Å². The Morgan fingerprint density at radius 2 is 2.07 bits per heavy atom. The largest absolute Gasteiger partial charge is 0.341 e. The van der Waals surface area contributed by atoms with Gasteiger partial charge in [-0.3, -0.25) is 14.5 Å². The highest BCUT2D eigenvalue weighted by atomic mass is 35.5. The van der Waals surface area contributed by atoms with Crippen molar-refractivity contribution in [2.24, 2.45) is 4.99 Å². The normalized spacial score (nSPS) is 21.7. The summed E-state index contributed by atoms with van der Waals surface area (Å²) in [6.45, 7) is 2.22. The number of halogens is 1. The van der Waals surface area contributed by atoms with Crippen LogP contribution >= 0.6 is 12.4 Å². The zero-order valence-electron chi connectivity index (χ0n) is 16.2. The van der Waals surface area contributed by atoms with Crippen molar-refractivity contribution in [3.05, 3.63) is 29.8 Å². The standard InChI is InChI=1S/C19H28N4O3S.ClH/c1-20-15-8-7-13-23(14-15)18(24)11-3-2-6-12-21-19-16-9-4-5-10-17(16)27(25,26)22-19;/h4-5,9-10,15,20H,2-3,6-8,11-14H2,1H3,(H,21,22);1H. The third-order valence-corrected chi connectivity index (χ3v) is 6.56. The van der Waals surface area contributed by atoms with Gasteiger partial charge in [0.05, 0.1) is 4.90 Å². The van der Waals surface area contributed by atoms with Crippen LogP contribution in [0.15, 0.2) is 34.2 Å². The molecule has 1 atom stereocenters. The molecule has 0 saturated carbocycles. The molecule has 7 nitrogen and oxygen atoms in total. The number of fused-ring (bicyclic) bond motifs is 1. The van der Waals surface area contributed by atoms with E-state index in [4.69, 9.17) is 0 Å². The minimum atomic E-state index is -3.47. The van der Waals surface area contributed by atoms with Crippen molar-refractivity contribution in [3.8, 4) is 0 Å². The SMILES string of the molecule is CNC1CCCN(C(=O)CCCCCN=C2NS(=O)(=O)c3ccccc32)C1.Cl. The molecule has 2 heterocycles. The number of carbonyl (C=O) groups is 1. The van der Waals surface area contributed by atoms with Crippen LogP contribution in [-0.4, -0.2) is 57.8 Å². The van der Waals surface area contributed by atoms with Crippen molar-refractivity contribution >= 4 is 34.2 Å². The van der Waals surface area contributed by atoms with Gasteiger partial charge in [0.15, 0.2) is 0 Å². The zero-order chi connectivity index (χ0) is 19.3. The lowest BCUT2D eigenvalue weighted by atomic mass is 10.0. The topological polar surface area (TPSA) is 90.9 Å². The molecule has 156 valence electrons. The number of piperidine rings is 1. The van der Waals surface area contributed by atoms with Crippen LogP contribution in [0, 0.1) is 0 Å². The fourth-order valence-electron chi connectivity index (χ4n) is 3.60. The maximum absolute atomic E-state index is 12.3. The van der Waals surface area contributed by atoms with E-state index < -0.39 is 10.0 Å². The quantitative estimate of drug-likeness (QED) is 0.649. The Morgan fingerprint density at radius 1 is 1.29 bits per heavy atom. The van der Waals surface area contributed by atoms with Crippen LogP contribution in [0.5, 0.6) is 0 Å². The van der Waals surface area contributed by atoms with E-state index >= 15 is 0 Å². The fourth-order valence-corrected chi connectivity index (χ4v) is 4.86. The maximum Gasteiger partial charge on any atom is 0.263 e. The number of nitrogens with one attached hydrogen (secondary N) is 2. The molecular formula is C19H29ClN4O3S. The van der Waals surface area contributed by atoms with Gasteiger partial charge in [0.2, 0.25) is 5.91 Å². The Bertz CT molecular complexity index is 813. The van der Waals surface area contributed by atoms with Gasteiger partial charge in [0.1, 0.15) is 5.84 Å². The molecule has 1 unspecified atom stereocenters. The van der Waals surface area contributed by atoms with Crippen molar-refractivity contribution in [3.63, 3.8) is 0 Å². The maximum atomic E-state index is 12.3. The summed E-state index contributed by atoms with van der Waals surface area (Å²) in [4.78, 5) is 19.0. The van der Waals surface area contributed by atoms with Gasteiger partial charge in [-0.15, -0.1) is 12.4 Å². The Morgan fingerprint density at radius 3 is 2.86 bits per heavy atom. The van der Waals surface area contributed by atoms with Gasteiger partial charge in [0, 0.05) is 37.7 Å². The highest BCUT2D eigenvalue weighted by molar-refractivity contribution is 7.90. The summed E-state index contributed by atoms with van der Waals surface area (Å²) in [5.74, 6) is 0.659. The van der Waals surface area contributed by atoms with Crippen LogP contribution < -0.4 is 10.0 Å². The second-order valence-corrected chi connectivity index (χ2v) is 8.76. The molecule has 1 saturated heterocycles. The molecular weight excluding hydrogens is 400 g/mol. The third-order valence-electron chi connectivity index (χ3n) is 5.16. The Kier molecular flexibility index (Phi) is 8.27. The number of hydrogen-bond acceptors (Lipinski definition) is 5. The predicted molar refractivity (Wildman–Crippen MR) is 113 cm³/mol. The number of nitrogens with zero attached hydrogens (tertiary/aromatic N) is 2. The molecule has 2 N–H and O–H groups in total. The van der Waals surface area contributed by atoms with Crippen LogP contribution in [0.25, 0.3) is 0 Å². The zero-order valence-corrected chi connectivity index (χ0v) is 17.8. The van der Waals surface area contributed by atoms with Gasteiger partial charge in [-0.1, -0.05) is 18.6 Å². The first-order chi connectivity index (χ1) is 13.0. The minimum absolute atomic E-state index is 0. The van der Waals surface area contributed by atoms with Crippen molar-refractivity contribution in [1.82, 2.24) is 14.9 Å². The van der Waals surface area contributed by atoms with Gasteiger partial charge in [-0.05, 0) is 44.9 Å². The summed E-state index contributed by atoms with van der Waals surface area (Å²) in [5, 5.41) is 3.25. The first-order valence-corrected chi connectivity index (χ1v) is 11.1. The van der Waals surface area contributed by atoms with E-state index in [0.29, 0.717) is 30.4 Å². The second-order valence-electron chi connectivity index (χ2n) is 7.11. The molecule has 2 aliphatic heterocycles. The summed E-state index contributed by atoms with van der Waals surface area (Å²) in [7, 11) is -1.52. The lowest BCUT2D eigenvalue weighted by Crippen LogP contribution is -2.46. The van der Waals surface area contributed by atoms with Gasteiger partial charge >= 0.3 is 0 Å². The number of amidine groups is 1. The molecule has 2 aliphatic rings. The van der Waals surface area contributed by atoms with Crippen LogP contribution in [0.1, 0.15) is 44.1 Å². The van der Waals surface area contributed by atoms with Gasteiger partial charge in [0.25, 0.3) is 10.0 Å². The third kappa shape index (κ3) is 5.46. The monoisotopic (exact) mass is 428 g/mol. The Balaban J connectivity index is 0.00000280. The number of unbranched alkanes of at least 4 members (excludes halogenated alkanes) is 2. The fraction of sp³-hybridized carbons (Fsp3) is 0.579. The molecule has 28 heavy (non-hydrogen) atoms. The number of sulfonamides is 1. The number of likely N-dealkylation sites (N-methyl/N-ethyl adjacent to an activating group) is 1. The van der Waals surface area contributed by atoms with Crippen LogP contribution in [0.4, 0.5) is 0 Å². The van der Waals surface area contributed by atoms with Crippen molar-refractivity contribution in [1.29, 1.82) is 0 Å². The predicted octanol–water partition coefficient (Wildman–Crippen LogP) is 1.92. The van der Waals surface area contributed by atoms with Crippen LogP contribution in [0.2, 0.25) is 0 Å². The van der Waals surface area contributed by atoms with Gasteiger partial charge < -0.3 is 10.2 Å². The van der Waals surface area contributed by atoms with E-state index in [1.54, 1.807) is 18.2 Å². The number of likely N-dealkylation sites (tertiary alicyclic amines) is 1.